The number of fused-ring (bicyclic) bond motifs is 13. The third-order valence-corrected chi connectivity index (χ3v) is 17.4. The first-order valence-electron chi connectivity index (χ1n) is 25.6. The Hall–Kier alpha value is -9.46. The highest BCUT2D eigenvalue weighted by Gasteiger charge is 2.20. The second kappa shape index (κ2) is 17.0. The minimum Gasteiger partial charge on any atom is -0.455 e. The van der Waals surface area contributed by atoms with Crippen molar-refractivity contribution in [2.24, 2.45) is 0 Å². The molecule has 0 aliphatic carbocycles. The first-order valence-corrected chi connectivity index (χ1v) is 27.2. The Morgan fingerprint density at radius 1 is 0.250 bits per heavy atom. The van der Waals surface area contributed by atoms with Crippen LogP contribution in [0.2, 0.25) is 0 Å². The zero-order chi connectivity index (χ0) is 49.8. The number of nitrogens with zero attached hydrogens (tertiary/aromatic N) is 2. The van der Waals surface area contributed by atoms with Gasteiger partial charge in [0.1, 0.15) is 22.3 Å². The van der Waals surface area contributed by atoms with Gasteiger partial charge in [0, 0.05) is 107 Å². The standard InChI is InChI=1S/C70H42N2O2S2/c1-3-13-47(14-4-1)71(49-29-25-43(26-30-49)53-19-11-21-59-55-17-7-9-23-63(55)73-69(53)59)51-33-35-57-61-37-45-38-62-58-36-34-52(42-68(58)76-66(62)40-46(45)39-65(61)75-67(57)41-51)72(48-15-5-2-6-16-48)50-31-27-44(28-32-50)54-20-12-22-60-56-18-8-10-24-64(56)74-70(54)60/h1-42H. The monoisotopic (exact) mass is 1010 g/mol. The van der Waals surface area contributed by atoms with Gasteiger partial charge in [0.15, 0.2) is 0 Å². The van der Waals surface area contributed by atoms with Crippen LogP contribution in [0.4, 0.5) is 34.1 Å². The smallest absolute Gasteiger partial charge is 0.143 e. The van der Waals surface area contributed by atoms with Gasteiger partial charge in [-0.2, -0.15) is 0 Å². The molecule has 0 fully saturated rings. The van der Waals surface area contributed by atoms with E-state index in [1.54, 1.807) is 0 Å². The first-order chi connectivity index (χ1) is 37.6. The van der Waals surface area contributed by atoms with Gasteiger partial charge in [0.05, 0.1) is 0 Å². The van der Waals surface area contributed by atoms with Crippen LogP contribution >= 0.6 is 22.7 Å². The fourth-order valence-electron chi connectivity index (χ4n) is 11.6. The second-order valence-corrected chi connectivity index (χ2v) is 21.8. The van der Waals surface area contributed by atoms with E-state index in [0.29, 0.717) is 0 Å². The van der Waals surface area contributed by atoms with E-state index in [1.165, 1.54) is 51.1 Å². The van der Waals surface area contributed by atoms with Crippen LogP contribution in [0, 0.1) is 0 Å². The molecule has 0 radical (unpaired) electrons. The van der Waals surface area contributed by atoms with Crippen molar-refractivity contribution in [3.05, 3.63) is 255 Å². The molecule has 0 atom stereocenters. The van der Waals surface area contributed by atoms with Crippen molar-refractivity contribution in [2.45, 2.75) is 0 Å². The minimum absolute atomic E-state index is 0.908. The van der Waals surface area contributed by atoms with E-state index in [9.17, 15) is 0 Å². The van der Waals surface area contributed by atoms with Crippen molar-refractivity contribution < 1.29 is 8.83 Å². The first kappa shape index (κ1) is 43.0. The van der Waals surface area contributed by atoms with Gasteiger partial charge in [-0.05, 0) is 131 Å². The molecule has 16 rings (SSSR count). The molecule has 12 aromatic carbocycles. The second-order valence-electron chi connectivity index (χ2n) is 19.6. The van der Waals surface area contributed by atoms with Crippen molar-refractivity contribution in [3.63, 3.8) is 0 Å². The van der Waals surface area contributed by atoms with E-state index in [0.717, 1.165) is 100 Å². The Labute approximate surface area is 444 Å². The number of thiophene rings is 2. The topological polar surface area (TPSA) is 32.8 Å². The fraction of sp³-hybridized carbons (Fsp3) is 0. The number of furan rings is 2. The summed E-state index contributed by atoms with van der Waals surface area (Å²) in [4.78, 5) is 4.72. The van der Waals surface area contributed by atoms with Crippen LogP contribution in [0.3, 0.4) is 0 Å². The lowest BCUT2D eigenvalue weighted by Gasteiger charge is -2.25. The molecule has 0 unspecified atom stereocenters. The van der Waals surface area contributed by atoms with Gasteiger partial charge in [-0.25, -0.2) is 0 Å². The maximum Gasteiger partial charge on any atom is 0.143 e. The van der Waals surface area contributed by atoms with Gasteiger partial charge in [0.25, 0.3) is 0 Å². The summed E-state index contributed by atoms with van der Waals surface area (Å²) in [5.74, 6) is 0. The predicted octanol–water partition coefficient (Wildman–Crippen LogP) is 21.6. The quantitative estimate of drug-likeness (QED) is 0.152. The third-order valence-electron chi connectivity index (χ3n) is 15.2. The van der Waals surface area contributed by atoms with Crippen LogP contribution < -0.4 is 9.80 Å². The van der Waals surface area contributed by atoms with E-state index < -0.39 is 0 Å². The average molecular weight is 1010 g/mol. The van der Waals surface area contributed by atoms with Gasteiger partial charge >= 0.3 is 0 Å². The molecule has 0 bridgehead atoms. The van der Waals surface area contributed by atoms with Gasteiger partial charge in [-0.3, -0.25) is 0 Å². The number of hydrogen-bond donors (Lipinski definition) is 0. The molecule has 4 nitrogen and oxygen atoms in total. The van der Waals surface area contributed by atoms with E-state index in [4.69, 9.17) is 8.83 Å². The van der Waals surface area contributed by atoms with Crippen LogP contribution in [0.1, 0.15) is 0 Å². The lowest BCUT2D eigenvalue weighted by atomic mass is 10.0. The van der Waals surface area contributed by atoms with Crippen molar-refractivity contribution in [1.29, 1.82) is 0 Å². The molecule has 0 aliphatic rings. The van der Waals surface area contributed by atoms with Crippen LogP contribution in [0.25, 0.3) is 117 Å². The minimum atomic E-state index is 0.908. The molecular formula is C70H42N2O2S2. The van der Waals surface area contributed by atoms with Crippen molar-refractivity contribution in [3.8, 4) is 22.3 Å². The molecule has 356 valence electrons. The Balaban J connectivity index is 0.738. The Kier molecular flexibility index (Phi) is 9.64. The normalized spacial score (nSPS) is 11.9. The highest BCUT2D eigenvalue weighted by Crippen LogP contribution is 2.46. The molecular weight excluding hydrogens is 965 g/mol. The lowest BCUT2D eigenvalue weighted by molar-refractivity contribution is 0.669. The molecule has 4 heterocycles. The van der Waals surface area contributed by atoms with Crippen molar-refractivity contribution >= 4 is 152 Å². The third kappa shape index (κ3) is 6.89. The van der Waals surface area contributed by atoms with Crippen molar-refractivity contribution in [2.75, 3.05) is 9.80 Å². The van der Waals surface area contributed by atoms with Crippen molar-refractivity contribution in [1.82, 2.24) is 0 Å². The number of anilines is 6. The SMILES string of the molecule is c1ccc(N(c2ccc(-c3cccc4c3oc3ccccc34)cc2)c2ccc3c(c2)sc2cc4cc5sc6cc(N(c7ccccc7)c7ccc(-c8cccc9c8oc8ccccc89)cc7)ccc6c5cc4cc23)cc1. The summed E-state index contributed by atoms with van der Waals surface area (Å²) in [6.45, 7) is 0. The van der Waals surface area contributed by atoms with Gasteiger partial charge < -0.3 is 18.6 Å². The number of para-hydroxylation sites is 6. The maximum absolute atomic E-state index is 6.43. The summed E-state index contributed by atoms with van der Waals surface area (Å²) in [6, 6.07) is 92.1. The van der Waals surface area contributed by atoms with E-state index in [2.05, 4.69) is 240 Å². The summed E-state index contributed by atoms with van der Waals surface area (Å²) in [5.41, 5.74) is 14.7. The van der Waals surface area contributed by atoms with E-state index >= 15 is 0 Å². The zero-order valence-corrected chi connectivity index (χ0v) is 42.4. The molecule has 6 heteroatoms. The predicted molar refractivity (Wildman–Crippen MR) is 325 cm³/mol. The number of rotatable bonds is 8. The zero-order valence-electron chi connectivity index (χ0n) is 40.8. The highest BCUT2D eigenvalue weighted by molar-refractivity contribution is 7.26. The van der Waals surface area contributed by atoms with Gasteiger partial charge in [-0.1, -0.05) is 146 Å². The van der Waals surface area contributed by atoms with Gasteiger partial charge in [-0.15, -0.1) is 22.7 Å². The van der Waals surface area contributed by atoms with Crippen LogP contribution in [0.5, 0.6) is 0 Å². The lowest BCUT2D eigenvalue weighted by Crippen LogP contribution is -2.09. The summed E-state index contributed by atoms with van der Waals surface area (Å²) < 4.78 is 18.0. The summed E-state index contributed by atoms with van der Waals surface area (Å²) in [5, 5.41) is 12.2. The summed E-state index contributed by atoms with van der Waals surface area (Å²) >= 11 is 3.74. The average Bonchev–Trinajstić information content (AvgIpc) is 4.26. The van der Waals surface area contributed by atoms with Gasteiger partial charge in [0.2, 0.25) is 0 Å². The van der Waals surface area contributed by atoms with Crippen LogP contribution in [-0.4, -0.2) is 0 Å². The Morgan fingerprint density at radius 3 is 1.08 bits per heavy atom. The molecule has 0 spiro atoms. The maximum atomic E-state index is 6.43. The number of hydrogen-bond acceptors (Lipinski definition) is 6. The molecule has 4 aromatic heterocycles. The molecule has 16 aromatic rings. The Morgan fingerprint density at radius 2 is 0.618 bits per heavy atom. The Bertz CT molecular complexity index is 4630. The molecule has 0 N–H and O–H groups in total. The highest BCUT2D eigenvalue weighted by atomic mass is 32.1. The van der Waals surface area contributed by atoms with Crippen LogP contribution in [0.15, 0.2) is 264 Å². The fourth-order valence-corrected chi connectivity index (χ4v) is 14.0. The number of benzene rings is 12. The molecule has 0 saturated heterocycles. The van der Waals surface area contributed by atoms with E-state index in [-0.39, 0.29) is 0 Å². The molecule has 0 saturated carbocycles. The molecule has 0 aliphatic heterocycles. The largest absolute Gasteiger partial charge is 0.455 e. The van der Waals surface area contributed by atoms with Crippen LogP contribution in [-0.2, 0) is 0 Å². The summed E-state index contributed by atoms with van der Waals surface area (Å²) in [7, 11) is 0. The summed E-state index contributed by atoms with van der Waals surface area (Å²) in [6.07, 6.45) is 0. The molecule has 76 heavy (non-hydrogen) atoms. The molecule has 0 amide bonds. The van der Waals surface area contributed by atoms with E-state index in [1.807, 2.05) is 46.9 Å².